The molecule has 2 aliphatic heterocycles. The van der Waals surface area contributed by atoms with Crippen molar-refractivity contribution in [3.8, 4) is 5.75 Å². The second kappa shape index (κ2) is 5.90. The van der Waals surface area contributed by atoms with Gasteiger partial charge in [0.1, 0.15) is 5.75 Å². The molecule has 4 nitrogen and oxygen atoms in total. The summed E-state index contributed by atoms with van der Waals surface area (Å²) < 4.78 is 16.4. The summed E-state index contributed by atoms with van der Waals surface area (Å²) in [5.41, 5.74) is 1.21. The number of para-hydroxylation sites is 1. The zero-order chi connectivity index (χ0) is 13.1. The van der Waals surface area contributed by atoms with Crippen LogP contribution in [-0.2, 0) is 9.47 Å². The van der Waals surface area contributed by atoms with Crippen molar-refractivity contribution in [3.05, 3.63) is 29.8 Å². The highest BCUT2D eigenvalue weighted by molar-refractivity contribution is 5.37. The molecular formula is C15H20O4. The van der Waals surface area contributed by atoms with Crippen LogP contribution in [0.25, 0.3) is 0 Å². The third kappa shape index (κ3) is 3.08. The SMILES string of the molecule is OC(CC1OCCO1)CC1CCOc2ccccc21. The van der Waals surface area contributed by atoms with E-state index in [1.165, 1.54) is 5.56 Å². The average molecular weight is 264 g/mol. The molecular weight excluding hydrogens is 244 g/mol. The highest BCUT2D eigenvalue weighted by Gasteiger charge is 2.26. The Morgan fingerprint density at radius 3 is 2.74 bits per heavy atom. The van der Waals surface area contributed by atoms with E-state index in [0.29, 0.717) is 25.6 Å². The number of aliphatic hydroxyl groups is 1. The second-order valence-electron chi connectivity index (χ2n) is 5.17. The van der Waals surface area contributed by atoms with Gasteiger partial charge in [0.25, 0.3) is 0 Å². The van der Waals surface area contributed by atoms with Crippen molar-refractivity contribution in [3.63, 3.8) is 0 Å². The van der Waals surface area contributed by atoms with Gasteiger partial charge in [-0.15, -0.1) is 0 Å². The minimum atomic E-state index is -0.390. The van der Waals surface area contributed by atoms with Gasteiger partial charge in [-0.2, -0.15) is 0 Å². The lowest BCUT2D eigenvalue weighted by Crippen LogP contribution is -2.23. The molecule has 2 unspecified atom stereocenters. The van der Waals surface area contributed by atoms with E-state index in [4.69, 9.17) is 14.2 Å². The fraction of sp³-hybridized carbons (Fsp3) is 0.600. The van der Waals surface area contributed by atoms with Crippen LogP contribution in [0.2, 0.25) is 0 Å². The van der Waals surface area contributed by atoms with Gasteiger partial charge in [-0.3, -0.25) is 0 Å². The fourth-order valence-corrected chi connectivity index (χ4v) is 2.85. The molecule has 0 amide bonds. The first-order valence-electron chi connectivity index (χ1n) is 6.96. The number of rotatable bonds is 4. The molecule has 0 saturated carbocycles. The van der Waals surface area contributed by atoms with Crippen molar-refractivity contribution in [1.82, 2.24) is 0 Å². The summed E-state index contributed by atoms with van der Waals surface area (Å²) in [4.78, 5) is 0. The monoisotopic (exact) mass is 264 g/mol. The molecule has 0 spiro atoms. The van der Waals surface area contributed by atoms with Gasteiger partial charge in [-0.05, 0) is 30.4 Å². The number of fused-ring (bicyclic) bond motifs is 1. The summed E-state index contributed by atoms with van der Waals surface area (Å²) >= 11 is 0. The lowest BCUT2D eigenvalue weighted by molar-refractivity contribution is -0.0721. The van der Waals surface area contributed by atoms with Crippen molar-refractivity contribution in [2.75, 3.05) is 19.8 Å². The Kier molecular flexibility index (Phi) is 4.01. The van der Waals surface area contributed by atoms with Gasteiger partial charge < -0.3 is 19.3 Å². The Balaban J connectivity index is 1.60. The summed E-state index contributed by atoms with van der Waals surface area (Å²) in [5, 5.41) is 10.2. The zero-order valence-corrected chi connectivity index (χ0v) is 11.0. The van der Waals surface area contributed by atoms with Crippen molar-refractivity contribution < 1.29 is 19.3 Å². The topological polar surface area (TPSA) is 47.9 Å². The van der Waals surface area contributed by atoms with E-state index in [1.54, 1.807) is 0 Å². The van der Waals surface area contributed by atoms with Crippen LogP contribution in [0.1, 0.15) is 30.7 Å². The zero-order valence-electron chi connectivity index (χ0n) is 11.0. The minimum Gasteiger partial charge on any atom is -0.493 e. The van der Waals surface area contributed by atoms with Gasteiger partial charge in [0.05, 0.1) is 25.9 Å². The molecule has 1 saturated heterocycles. The molecule has 1 N–H and O–H groups in total. The number of hydrogen-bond acceptors (Lipinski definition) is 4. The Morgan fingerprint density at radius 2 is 1.89 bits per heavy atom. The Hall–Kier alpha value is -1.10. The Bertz CT molecular complexity index is 414. The van der Waals surface area contributed by atoms with Crippen LogP contribution >= 0.6 is 0 Å². The summed E-state index contributed by atoms with van der Waals surface area (Å²) in [6.07, 6.45) is 1.63. The van der Waals surface area contributed by atoms with Crippen LogP contribution in [-0.4, -0.2) is 37.3 Å². The number of benzene rings is 1. The van der Waals surface area contributed by atoms with E-state index in [9.17, 15) is 5.11 Å². The maximum absolute atomic E-state index is 10.2. The van der Waals surface area contributed by atoms with E-state index in [-0.39, 0.29) is 12.4 Å². The van der Waals surface area contributed by atoms with Gasteiger partial charge in [0.2, 0.25) is 0 Å². The molecule has 0 aliphatic carbocycles. The van der Waals surface area contributed by atoms with Crippen molar-refractivity contribution in [1.29, 1.82) is 0 Å². The van der Waals surface area contributed by atoms with Crippen LogP contribution in [0, 0.1) is 0 Å². The largest absolute Gasteiger partial charge is 0.493 e. The Labute approximate surface area is 113 Å². The molecule has 2 aliphatic rings. The first kappa shape index (κ1) is 12.9. The standard InChI is InChI=1S/C15H20O4/c16-12(10-15-18-7-8-19-15)9-11-5-6-17-14-4-2-1-3-13(11)14/h1-4,11-12,15-16H,5-10H2. The lowest BCUT2D eigenvalue weighted by Gasteiger charge is -2.28. The van der Waals surface area contributed by atoms with E-state index in [2.05, 4.69) is 6.07 Å². The van der Waals surface area contributed by atoms with Crippen molar-refractivity contribution in [2.45, 2.75) is 37.6 Å². The quantitative estimate of drug-likeness (QED) is 0.904. The molecule has 1 aromatic rings. The van der Waals surface area contributed by atoms with Crippen molar-refractivity contribution in [2.24, 2.45) is 0 Å². The molecule has 0 aromatic heterocycles. The number of ether oxygens (including phenoxy) is 3. The molecule has 1 aromatic carbocycles. The van der Waals surface area contributed by atoms with Crippen LogP contribution < -0.4 is 4.74 Å². The smallest absolute Gasteiger partial charge is 0.160 e. The van der Waals surface area contributed by atoms with Crippen molar-refractivity contribution >= 4 is 0 Å². The molecule has 3 rings (SSSR count). The van der Waals surface area contributed by atoms with Crippen LogP contribution in [0.15, 0.2) is 24.3 Å². The summed E-state index contributed by atoms with van der Waals surface area (Å²) in [5.74, 6) is 1.32. The second-order valence-corrected chi connectivity index (χ2v) is 5.17. The predicted molar refractivity (Wildman–Crippen MR) is 70.2 cm³/mol. The molecule has 0 bridgehead atoms. The normalized spacial score (nSPS) is 24.8. The molecule has 4 heteroatoms. The van der Waals surface area contributed by atoms with Crippen LogP contribution in [0.3, 0.4) is 0 Å². The minimum absolute atomic E-state index is 0.231. The van der Waals surface area contributed by atoms with Crippen LogP contribution in [0.4, 0.5) is 0 Å². The third-order valence-electron chi connectivity index (χ3n) is 3.79. The van der Waals surface area contributed by atoms with Gasteiger partial charge in [0, 0.05) is 6.42 Å². The van der Waals surface area contributed by atoms with Gasteiger partial charge in [-0.25, -0.2) is 0 Å². The lowest BCUT2D eigenvalue weighted by atomic mass is 9.87. The Morgan fingerprint density at radius 1 is 1.11 bits per heavy atom. The predicted octanol–water partition coefficient (Wildman–Crippen LogP) is 2.07. The van der Waals surface area contributed by atoms with Gasteiger partial charge in [-0.1, -0.05) is 18.2 Å². The number of hydrogen-bond donors (Lipinski definition) is 1. The van der Waals surface area contributed by atoms with E-state index in [1.807, 2.05) is 18.2 Å². The molecule has 2 atom stereocenters. The molecule has 19 heavy (non-hydrogen) atoms. The van der Waals surface area contributed by atoms with E-state index < -0.39 is 0 Å². The fourth-order valence-electron chi connectivity index (χ4n) is 2.85. The van der Waals surface area contributed by atoms with Gasteiger partial charge in [0.15, 0.2) is 6.29 Å². The van der Waals surface area contributed by atoms with Crippen LogP contribution in [0.5, 0.6) is 5.75 Å². The maximum atomic E-state index is 10.2. The molecule has 0 radical (unpaired) electrons. The highest BCUT2D eigenvalue weighted by atomic mass is 16.7. The maximum Gasteiger partial charge on any atom is 0.160 e. The molecule has 2 heterocycles. The highest BCUT2D eigenvalue weighted by Crippen LogP contribution is 2.36. The van der Waals surface area contributed by atoms with E-state index >= 15 is 0 Å². The first-order chi connectivity index (χ1) is 9.33. The first-order valence-corrected chi connectivity index (χ1v) is 6.96. The summed E-state index contributed by atoms with van der Waals surface area (Å²) in [6, 6.07) is 8.10. The third-order valence-corrected chi connectivity index (χ3v) is 3.79. The molecule has 104 valence electrons. The van der Waals surface area contributed by atoms with Gasteiger partial charge >= 0.3 is 0 Å². The average Bonchev–Trinajstić information content (AvgIpc) is 2.92. The summed E-state index contributed by atoms with van der Waals surface area (Å²) in [6.45, 7) is 2.00. The molecule has 1 fully saturated rings. The number of aliphatic hydroxyl groups excluding tert-OH is 1. The summed E-state index contributed by atoms with van der Waals surface area (Å²) in [7, 11) is 0. The van der Waals surface area contributed by atoms with E-state index in [0.717, 1.165) is 25.2 Å².